The number of benzene rings is 2. The molecule has 0 bridgehead atoms. The van der Waals surface area contributed by atoms with Gasteiger partial charge >= 0.3 is 5.97 Å². The molecule has 33 heavy (non-hydrogen) atoms. The predicted octanol–water partition coefficient (Wildman–Crippen LogP) is 1.78. The average molecular weight is 481 g/mol. The van der Waals surface area contributed by atoms with E-state index in [1.165, 1.54) is 6.92 Å². The molecular formula is C23H28O9S. The number of rotatable bonds is 11. The smallest absolute Gasteiger partial charge is 0.303 e. The number of esters is 1. The summed E-state index contributed by atoms with van der Waals surface area (Å²) in [5.41, 5.74) is 0.142. The van der Waals surface area contributed by atoms with Gasteiger partial charge in [0.05, 0.1) is 26.1 Å². The molecule has 0 unspecified atom stereocenters. The van der Waals surface area contributed by atoms with Crippen LogP contribution in [0.1, 0.15) is 18.1 Å². The lowest BCUT2D eigenvalue weighted by Gasteiger charge is -2.34. The Hall–Kier alpha value is -2.34. The molecule has 0 amide bonds. The van der Waals surface area contributed by atoms with Crippen LogP contribution in [0.2, 0.25) is 0 Å². The highest BCUT2D eigenvalue weighted by molar-refractivity contribution is 7.85. The maximum Gasteiger partial charge on any atom is 0.303 e. The SMILES string of the molecule is CC(=O)O[C@H]1[C@@H](O)O[C@@](COCc2ccccc2)(COS(C)(=O)=O)[C@H]1OCc1ccccc1. The van der Waals surface area contributed by atoms with E-state index in [-0.39, 0.29) is 19.8 Å². The van der Waals surface area contributed by atoms with Gasteiger partial charge in [0.2, 0.25) is 0 Å². The lowest BCUT2D eigenvalue weighted by Crippen LogP contribution is -2.53. The molecule has 1 aliphatic rings. The zero-order chi connectivity index (χ0) is 23.9. The van der Waals surface area contributed by atoms with Crippen molar-refractivity contribution in [1.29, 1.82) is 0 Å². The maximum atomic E-state index is 11.7. The normalized spacial score (nSPS) is 25.1. The molecule has 2 aromatic carbocycles. The molecule has 1 N–H and O–H groups in total. The summed E-state index contributed by atoms with van der Waals surface area (Å²) in [6, 6.07) is 18.6. The van der Waals surface area contributed by atoms with Crippen LogP contribution in [0.15, 0.2) is 60.7 Å². The van der Waals surface area contributed by atoms with E-state index in [0.29, 0.717) is 0 Å². The van der Waals surface area contributed by atoms with Gasteiger partial charge < -0.3 is 24.1 Å². The van der Waals surface area contributed by atoms with Crippen molar-refractivity contribution in [2.24, 2.45) is 0 Å². The Bertz CT molecular complexity index is 997. The summed E-state index contributed by atoms with van der Waals surface area (Å²) in [7, 11) is -3.86. The van der Waals surface area contributed by atoms with E-state index in [0.717, 1.165) is 17.4 Å². The van der Waals surface area contributed by atoms with Gasteiger partial charge in [0.15, 0.2) is 12.4 Å². The average Bonchev–Trinajstić information content (AvgIpc) is 3.02. The van der Waals surface area contributed by atoms with Gasteiger partial charge in [0.25, 0.3) is 10.1 Å². The van der Waals surface area contributed by atoms with Gasteiger partial charge in [-0.15, -0.1) is 0 Å². The van der Waals surface area contributed by atoms with Crippen molar-refractivity contribution in [1.82, 2.24) is 0 Å². The zero-order valence-electron chi connectivity index (χ0n) is 18.5. The molecule has 0 radical (unpaired) electrons. The second-order valence-electron chi connectivity index (χ2n) is 7.81. The Kier molecular flexibility index (Phi) is 8.57. The zero-order valence-corrected chi connectivity index (χ0v) is 19.3. The second kappa shape index (κ2) is 11.2. The van der Waals surface area contributed by atoms with E-state index in [1.54, 1.807) is 0 Å². The van der Waals surface area contributed by atoms with E-state index >= 15 is 0 Å². The summed E-state index contributed by atoms with van der Waals surface area (Å²) in [4.78, 5) is 11.7. The lowest BCUT2D eigenvalue weighted by molar-refractivity contribution is -0.198. The number of carbonyl (C=O) groups excluding carboxylic acids is 1. The molecule has 1 heterocycles. The number of aliphatic hydroxyl groups is 1. The summed E-state index contributed by atoms with van der Waals surface area (Å²) in [5, 5.41) is 10.5. The molecule has 3 rings (SSSR count). The minimum absolute atomic E-state index is 0.0959. The third kappa shape index (κ3) is 7.32. The van der Waals surface area contributed by atoms with Gasteiger partial charge in [-0.3, -0.25) is 8.98 Å². The molecule has 180 valence electrons. The van der Waals surface area contributed by atoms with Crippen molar-refractivity contribution in [2.45, 2.75) is 44.2 Å². The van der Waals surface area contributed by atoms with E-state index in [1.807, 2.05) is 60.7 Å². The first-order valence-electron chi connectivity index (χ1n) is 10.3. The molecule has 10 heteroatoms. The number of carbonyl (C=O) groups is 1. The van der Waals surface area contributed by atoms with Crippen molar-refractivity contribution in [3.8, 4) is 0 Å². The molecule has 0 aromatic heterocycles. The Morgan fingerprint density at radius 1 is 1.00 bits per heavy atom. The predicted molar refractivity (Wildman–Crippen MR) is 117 cm³/mol. The molecule has 0 aliphatic carbocycles. The fourth-order valence-electron chi connectivity index (χ4n) is 3.54. The van der Waals surface area contributed by atoms with E-state index in [9.17, 15) is 18.3 Å². The van der Waals surface area contributed by atoms with Crippen molar-refractivity contribution in [3.05, 3.63) is 71.8 Å². The lowest BCUT2D eigenvalue weighted by atomic mass is 9.96. The van der Waals surface area contributed by atoms with Gasteiger partial charge in [-0.2, -0.15) is 8.42 Å². The summed E-state index contributed by atoms with van der Waals surface area (Å²) in [6.07, 6.45) is -2.96. The first kappa shape index (κ1) is 25.3. The van der Waals surface area contributed by atoms with E-state index < -0.39 is 46.8 Å². The van der Waals surface area contributed by atoms with Crippen LogP contribution in [-0.2, 0) is 51.3 Å². The van der Waals surface area contributed by atoms with E-state index in [2.05, 4.69) is 0 Å². The number of hydrogen-bond acceptors (Lipinski definition) is 9. The number of hydrogen-bond donors (Lipinski definition) is 1. The van der Waals surface area contributed by atoms with Gasteiger partial charge in [-0.05, 0) is 11.1 Å². The van der Waals surface area contributed by atoms with Crippen molar-refractivity contribution in [2.75, 3.05) is 19.5 Å². The van der Waals surface area contributed by atoms with Crippen LogP contribution in [0.25, 0.3) is 0 Å². The third-order valence-electron chi connectivity index (χ3n) is 5.00. The fourth-order valence-corrected chi connectivity index (χ4v) is 3.95. The Balaban J connectivity index is 1.85. The molecule has 1 saturated heterocycles. The van der Waals surface area contributed by atoms with Crippen LogP contribution in [0, 0.1) is 0 Å². The van der Waals surface area contributed by atoms with E-state index in [4.69, 9.17) is 23.1 Å². The molecular weight excluding hydrogens is 452 g/mol. The summed E-state index contributed by atoms with van der Waals surface area (Å²) in [6.45, 7) is 0.795. The van der Waals surface area contributed by atoms with Crippen molar-refractivity contribution < 1.29 is 41.4 Å². The third-order valence-corrected chi connectivity index (χ3v) is 5.55. The highest BCUT2D eigenvalue weighted by atomic mass is 32.2. The number of ether oxygens (including phenoxy) is 4. The number of aliphatic hydroxyl groups excluding tert-OH is 1. The topological polar surface area (TPSA) is 118 Å². The molecule has 1 fully saturated rings. The van der Waals surface area contributed by atoms with Crippen LogP contribution in [0.5, 0.6) is 0 Å². The van der Waals surface area contributed by atoms with Crippen LogP contribution in [-0.4, -0.2) is 63.1 Å². The minimum atomic E-state index is -3.86. The molecule has 2 aromatic rings. The standard InChI is InChI=1S/C23H28O9S/c1-17(24)31-20-21(29-14-19-11-7-4-8-12-19)23(32-22(20)25,16-30-33(2,26)27)15-28-13-18-9-5-3-6-10-18/h3-12,20-22,25H,13-16H2,1-2H3/t20-,21+,22+,23+/m1/s1. The molecule has 1 aliphatic heterocycles. The van der Waals surface area contributed by atoms with Gasteiger partial charge in [-0.1, -0.05) is 60.7 Å². The largest absolute Gasteiger partial charge is 0.454 e. The van der Waals surface area contributed by atoms with Crippen LogP contribution >= 0.6 is 0 Å². The first-order valence-corrected chi connectivity index (χ1v) is 12.1. The van der Waals surface area contributed by atoms with Crippen molar-refractivity contribution >= 4 is 16.1 Å². The van der Waals surface area contributed by atoms with Crippen LogP contribution < -0.4 is 0 Å². The Morgan fingerprint density at radius 2 is 1.58 bits per heavy atom. The summed E-state index contributed by atoms with van der Waals surface area (Å²) >= 11 is 0. The van der Waals surface area contributed by atoms with Crippen LogP contribution in [0.3, 0.4) is 0 Å². The summed E-state index contributed by atoms with van der Waals surface area (Å²) in [5.74, 6) is -0.652. The molecule has 4 atom stereocenters. The first-order chi connectivity index (χ1) is 15.7. The molecule has 0 saturated carbocycles. The van der Waals surface area contributed by atoms with Crippen LogP contribution in [0.4, 0.5) is 0 Å². The Labute approximate surface area is 193 Å². The van der Waals surface area contributed by atoms with Crippen molar-refractivity contribution in [3.63, 3.8) is 0 Å². The quantitative estimate of drug-likeness (QED) is 0.379. The van der Waals surface area contributed by atoms with Gasteiger partial charge in [0, 0.05) is 6.92 Å². The van der Waals surface area contributed by atoms with Gasteiger partial charge in [0.1, 0.15) is 18.3 Å². The fraction of sp³-hybridized carbons (Fsp3) is 0.435. The second-order valence-corrected chi connectivity index (χ2v) is 9.45. The van der Waals surface area contributed by atoms with Gasteiger partial charge in [-0.25, -0.2) is 0 Å². The highest BCUT2D eigenvalue weighted by Gasteiger charge is 2.58. The maximum absolute atomic E-state index is 11.7. The summed E-state index contributed by atoms with van der Waals surface area (Å²) < 4.78 is 51.4. The monoisotopic (exact) mass is 480 g/mol. The molecule has 9 nitrogen and oxygen atoms in total. The highest BCUT2D eigenvalue weighted by Crippen LogP contribution is 2.36. The minimum Gasteiger partial charge on any atom is -0.454 e. The molecule has 0 spiro atoms. The Morgan fingerprint density at radius 3 is 2.12 bits per heavy atom.